The van der Waals surface area contributed by atoms with Gasteiger partial charge < -0.3 is 10.6 Å². The van der Waals surface area contributed by atoms with Crippen molar-refractivity contribution in [3.63, 3.8) is 0 Å². The van der Waals surface area contributed by atoms with Crippen molar-refractivity contribution >= 4 is 5.70 Å². The van der Waals surface area contributed by atoms with Gasteiger partial charge in [-0.2, -0.15) is 0 Å². The summed E-state index contributed by atoms with van der Waals surface area (Å²) in [7, 11) is 0. The molecule has 0 bridgehead atoms. The molecule has 2 heterocycles. The Morgan fingerprint density at radius 3 is 2.23 bits per heavy atom. The molecule has 2 aliphatic carbocycles. The van der Waals surface area contributed by atoms with Gasteiger partial charge in [0.1, 0.15) is 5.54 Å². The van der Waals surface area contributed by atoms with E-state index in [0.717, 1.165) is 13.0 Å². The van der Waals surface area contributed by atoms with Crippen molar-refractivity contribution < 1.29 is 0 Å². The molecule has 2 aliphatic heterocycles. The topological polar surface area (TPSA) is 29.3 Å². The number of hydrogen-bond donors (Lipinski definition) is 1. The highest BCUT2D eigenvalue weighted by atomic mass is 15.3. The number of nitrogens with two attached hydrogens (primary N) is 1. The van der Waals surface area contributed by atoms with E-state index < -0.39 is 5.54 Å². The number of rotatable bonds is 6. The van der Waals surface area contributed by atoms with E-state index in [1.54, 1.807) is 0 Å². The normalized spacial score (nSPS) is 27.9. The zero-order valence-electron chi connectivity index (χ0n) is 24.7. The molecule has 0 aromatic heterocycles. The maximum Gasteiger partial charge on any atom is 0.104 e. The highest BCUT2D eigenvalue weighted by molar-refractivity contribution is 5.80. The molecule has 1 saturated carbocycles. The molecule has 1 fully saturated rings. The molecule has 4 aliphatic rings. The lowest BCUT2D eigenvalue weighted by Crippen LogP contribution is -2.50. The Kier molecular flexibility index (Phi) is 5.48. The Hall–Kier alpha value is -3.36. The molecule has 0 saturated heterocycles. The lowest BCUT2D eigenvalue weighted by atomic mass is 9.62. The fraction of sp³-hybridized carbons (Fsp3) is 0.368. The van der Waals surface area contributed by atoms with Crippen LogP contribution in [-0.4, -0.2) is 18.0 Å². The fourth-order valence-electron chi connectivity index (χ4n) is 8.39. The van der Waals surface area contributed by atoms with E-state index in [4.69, 9.17) is 5.73 Å². The van der Waals surface area contributed by atoms with Crippen molar-refractivity contribution in [2.24, 2.45) is 22.5 Å². The number of fused-ring (bicyclic) bond motifs is 4. The van der Waals surface area contributed by atoms with Gasteiger partial charge in [-0.25, -0.2) is 0 Å². The quantitative estimate of drug-likeness (QED) is 0.327. The third kappa shape index (κ3) is 3.26. The molecule has 0 spiro atoms. The van der Waals surface area contributed by atoms with Gasteiger partial charge in [-0.1, -0.05) is 125 Å². The molecule has 3 aromatic rings. The number of allylic oxidation sites excluding steroid dienone is 4. The first-order chi connectivity index (χ1) is 19.2. The van der Waals surface area contributed by atoms with Crippen molar-refractivity contribution in [2.75, 3.05) is 13.1 Å². The van der Waals surface area contributed by atoms with Gasteiger partial charge in [0.15, 0.2) is 0 Å². The molecule has 1 unspecified atom stereocenters. The minimum Gasteiger partial charge on any atom is -0.352 e. The molecule has 0 amide bonds. The number of nitrogens with zero attached hydrogens (tertiary/aromatic N) is 1. The largest absolute Gasteiger partial charge is 0.352 e. The zero-order valence-corrected chi connectivity index (χ0v) is 24.7. The van der Waals surface area contributed by atoms with E-state index >= 15 is 0 Å². The SMILES string of the molecule is CC(C)CC1=CC=C2c3ccccc3[C@](CN)(c3ccc(-c4ccccc4)cc3[C@]34C=CC3(C(C)(C)C)C4)N2C1. The van der Waals surface area contributed by atoms with Crippen LogP contribution in [0, 0.1) is 16.7 Å². The second kappa shape index (κ2) is 8.57. The number of benzene rings is 3. The third-order valence-electron chi connectivity index (χ3n) is 10.5. The summed E-state index contributed by atoms with van der Waals surface area (Å²) in [4.78, 5) is 2.65. The average molecular weight is 527 g/mol. The summed E-state index contributed by atoms with van der Waals surface area (Å²) in [6.07, 6.45) is 12.0. The lowest BCUT2D eigenvalue weighted by molar-refractivity contribution is 0.219. The smallest absolute Gasteiger partial charge is 0.104 e. The first-order valence-electron chi connectivity index (χ1n) is 15.0. The Balaban J connectivity index is 1.47. The maximum absolute atomic E-state index is 7.02. The highest BCUT2D eigenvalue weighted by Crippen LogP contribution is 2.80. The van der Waals surface area contributed by atoms with Crippen molar-refractivity contribution in [3.05, 3.63) is 125 Å². The van der Waals surface area contributed by atoms with E-state index in [9.17, 15) is 0 Å². The molecule has 3 aromatic carbocycles. The molecular formula is C38H42N2. The molecule has 7 rings (SSSR count). The van der Waals surface area contributed by atoms with Crippen LogP contribution >= 0.6 is 0 Å². The van der Waals surface area contributed by atoms with Crippen LogP contribution < -0.4 is 5.73 Å². The highest BCUT2D eigenvalue weighted by Gasteiger charge is 2.75. The van der Waals surface area contributed by atoms with E-state index in [1.165, 1.54) is 51.1 Å². The van der Waals surface area contributed by atoms with Gasteiger partial charge in [0, 0.05) is 35.2 Å². The Morgan fingerprint density at radius 2 is 1.57 bits per heavy atom. The van der Waals surface area contributed by atoms with E-state index in [-0.39, 0.29) is 16.2 Å². The predicted molar refractivity (Wildman–Crippen MR) is 168 cm³/mol. The summed E-state index contributed by atoms with van der Waals surface area (Å²) in [5.74, 6) is 0.622. The van der Waals surface area contributed by atoms with Crippen LogP contribution in [0.2, 0.25) is 0 Å². The first-order valence-corrected chi connectivity index (χ1v) is 15.0. The Bertz CT molecular complexity index is 1580. The molecule has 204 valence electrons. The van der Waals surface area contributed by atoms with Gasteiger partial charge in [-0.3, -0.25) is 0 Å². The second-order valence-corrected chi connectivity index (χ2v) is 14.0. The minimum atomic E-state index is -0.409. The lowest BCUT2D eigenvalue weighted by Gasteiger charge is -2.46. The summed E-state index contributed by atoms with van der Waals surface area (Å²) in [5.41, 5.74) is 17.9. The van der Waals surface area contributed by atoms with Crippen LogP contribution in [0.5, 0.6) is 0 Å². The van der Waals surface area contributed by atoms with E-state index in [0.29, 0.717) is 12.5 Å². The Labute approximate surface area is 240 Å². The monoisotopic (exact) mass is 526 g/mol. The third-order valence-corrected chi connectivity index (χ3v) is 10.5. The van der Waals surface area contributed by atoms with Crippen LogP contribution in [0.1, 0.15) is 69.7 Å². The van der Waals surface area contributed by atoms with Gasteiger partial charge in [0.05, 0.1) is 0 Å². The van der Waals surface area contributed by atoms with Crippen LogP contribution in [0.25, 0.3) is 16.8 Å². The van der Waals surface area contributed by atoms with Crippen molar-refractivity contribution in [2.45, 2.75) is 58.4 Å². The predicted octanol–water partition coefficient (Wildman–Crippen LogP) is 8.44. The minimum absolute atomic E-state index is 0.0569. The fourth-order valence-corrected chi connectivity index (χ4v) is 8.39. The van der Waals surface area contributed by atoms with E-state index in [1.807, 2.05) is 0 Å². The van der Waals surface area contributed by atoms with Crippen LogP contribution in [0.3, 0.4) is 0 Å². The van der Waals surface area contributed by atoms with Crippen LogP contribution in [-0.2, 0) is 11.0 Å². The van der Waals surface area contributed by atoms with Gasteiger partial charge in [0.25, 0.3) is 0 Å². The molecule has 3 atom stereocenters. The molecular weight excluding hydrogens is 484 g/mol. The van der Waals surface area contributed by atoms with Crippen molar-refractivity contribution in [1.29, 1.82) is 0 Å². The number of hydrogen-bond acceptors (Lipinski definition) is 2. The molecule has 2 heteroatoms. The van der Waals surface area contributed by atoms with Gasteiger partial charge in [-0.15, -0.1) is 0 Å². The van der Waals surface area contributed by atoms with E-state index in [2.05, 4.69) is 137 Å². The maximum atomic E-state index is 7.02. The summed E-state index contributed by atoms with van der Waals surface area (Å²) >= 11 is 0. The van der Waals surface area contributed by atoms with Gasteiger partial charge >= 0.3 is 0 Å². The zero-order chi connectivity index (χ0) is 27.9. The summed E-state index contributed by atoms with van der Waals surface area (Å²) < 4.78 is 0. The average Bonchev–Trinajstić information content (AvgIpc) is 3.31. The standard InChI is InChI=1S/C38H42N2/c1-26(2)21-27-15-18-34-30-13-9-10-14-31(30)38(25-39,40(34)23-27)32-17-16-29(28-11-7-6-8-12-28)22-33(32)36-19-20-37(36,24-36)35(3,4)5/h6-20,22,26H,21,23-25,39H2,1-5H3/t36-,37?,38-/m1/s1. The van der Waals surface area contributed by atoms with Crippen LogP contribution in [0.15, 0.2) is 103 Å². The second-order valence-electron chi connectivity index (χ2n) is 14.0. The summed E-state index contributed by atoms with van der Waals surface area (Å²) in [5, 5.41) is 0. The van der Waals surface area contributed by atoms with Gasteiger partial charge in [-0.05, 0) is 64.1 Å². The van der Waals surface area contributed by atoms with Crippen LogP contribution in [0.4, 0.5) is 0 Å². The van der Waals surface area contributed by atoms with Crippen molar-refractivity contribution in [3.8, 4) is 11.1 Å². The molecule has 0 radical (unpaired) electrons. The van der Waals surface area contributed by atoms with Gasteiger partial charge in [0.2, 0.25) is 0 Å². The summed E-state index contributed by atoms with van der Waals surface area (Å²) in [6, 6.07) is 27.1. The van der Waals surface area contributed by atoms with Crippen molar-refractivity contribution in [1.82, 2.24) is 4.90 Å². The molecule has 2 N–H and O–H groups in total. The Morgan fingerprint density at radius 1 is 0.825 bits per heavy atom. The first kappa shape index (κ1) is 25.6. The molecule has 40 heavy (non-hydrogen) atoms. The summed E-state index contributed by atoms with van der Waals surface area (Å²) in [6.45, 7) is 13.3. The molecule has 2 nitrogen and oxygen atoms in total.